The van der Waals surface area contributed by atoms with Crippen LogP contribution in [0.2, 0.25) is 0 Å². The second-order valence-electron chi connectivity index (χ2n) is 5.25. The number of carbonyl (C=O) groups is 1. The molecule has 4 atom stereocenters. The number of hydrogen-bond acceptors (Lipinski definition) is 7. The van der Waals surface area contributed by atoms with E-state index < -0.39 is 5.97 Å². The summed E-state index contributed by atoms with van der Waals surface area (Å²) in [4.78, 5) is 19.7. The van der Waals surface area contributed by atoms with E-state index in [1.165, 1.54) is 7.11 Å². The summed E-state index contributed by atoms with van der Waals surface area (Å²) < 4.78 is 10.3. The van der Waals surface area contributed by atoms with Gasteiger partial charge in [0.25, 0.3) is 0 Å². The molecule has 4 unspecified atom stereocenters. The summed E-state index contributed by atoms with van der Waals surface area (Å²) in [5.41, 5.74) is 6.83. The van der Waals surface area contributed by atoms with E-state index in [1.807, 2.05) is 0 Å². The van der Waals surface area contributed by atoms with Crippen LogP contribution in [0.5, 0.6) is 0 Å². The number of hydrogen-bond donors (Lipinski definition) is 2. The minimum atomic E-state index is -0.551. The molecule has 1 aromatic rings. The van der Waals surface area contributed by atoms with Gasteiger partial charge in [0.1, 0.15) is 5.82 Å². The molecule has 0 bridgehead atoms. The monoisotopic (exact) mass is 278 g/mol. The molecule has 3 rings (SSSR count). The van der Waals surface area contributed by atoms with Crippen LogP contribution in [-0.2, 0) is 9.47 Å². The average Bonchev–Trinajstić information content (AvgIpc) is 2.88. The first-order valence-corrected chi connectivity index (χ1v) is 6.68. The number of esters is 1. The number of nitrogens with zero attached hydrogens (tertiary/aromatic N) is 2. The molecule has 1 aliphatic heterocycles. The van der Waals surface area contributed by atoms with Crippen molar-refractivity contribution in [1.82, 2.24) is 9.97 Å². The van der Waals surface area contributed by atoms with Crippen LogP contribution >= 0.6 is 0 Å². The lowest BCUT2D eigenvalue weighted by Gasteiger charge is -2.45. The molecule has 1 aromatic heterocycles. The molecule has 2 fully saturated rings. The molecule has 7 heteroatoms. The number of nitrogens with two attached hydrogens (primary N) is 1. The Balaban J connectivity index is 1.77. The molecular weight excluding hydrogens is 260 g/mol. The van der Waals surface area contributed by atoms with Crippen LogP contribution < -0.4 is 11.1 Å². The number of methoxy groups -OCH3 is 1. The highest BCUT2D eigenvalue weighted by Gasteiger charge is 2.52. The van der Waals surface area contributed by atoms with Crippen molar-refractivity contribution in [3.05, 3.63) is 17.6 Å². The first-order valence-electron chi connectivity index (χ1n) is 6.68. The van der Waals surface area contributed by atoms with Crippen LogP contribution in [0.4, 0.5) is 5.82 Å². The molecule has 0 radical (unpaired) electrons. The number of fused-ring (bicyclic) bond motifs is 1. The normalized spacial score (nSPS) is 31.4. The summed E-state index contributed by atoms with van der Waals surface area (Å²) in [7, 11) is 1.31. The maximum absolute atomic E-state index is 11.5. The Morgan fingerprint density at radius 1 is 1.55 bits per heavy atom. The van der Waals surface area contributed by atoms with Gasteiger partial charge in [-0.05, 0) is 13.3 Å². The van der Waals surface area contributed by atoms with Crippen LogP contribution in [0, 0.1) is 12.8 Å². The first-order chi connectivity index (χ1) is 9.60. The van der Waals surface area contributed by atoms with Gasteiger partial charge < -0.3 is 20.5 Å². The largest absolute Gasteiger partial charge is 0.463 e. The minimum absolute atomic E-state index is 0.0299. The van der Waals surface area contributed by atoms with E-state index in [0.717, 1.165) is 13.0 Å². The van der Waals surface area contributed by atoms with Crippen LogP contribution in [-0.4, -0.2) is 47.8 Å². The van der Waals surface area contributed by atoms with Crippen molar-refractivity contribution in [1.29, 1.82) is 0 Å². The number of ether oxygens (including phenoxy) is 2. The van der Waals surface area contributed by atoms with E-state index in [4.69, 9.17) is 10.5 Å². The molecule has 0 amide bonds. The molecule has 0 spiro atoms. The molecule has 1 aliphatic carbocycles. The van der Waals surface area contributed by atoms with E-state index in [-0.39, 0.29) is 24.0 Å². The third kappa shape index (κ3) is 2.12. The van der Waals surface area contributed by atoms with Crippen LogP contribution in [0.3, 0.4) is 0 Å². The lowest BCUT2D eigenvalue weighted by Crippen LogP contribution is -2.65. The quantitative estimate of drug-likeness (QED) is 0.756. The van der Waals surface area contributed by atoms with E-state index in [0.29, 0.717) is 17.4 Å². The Bertz CT molecular complexity index is 536. The number of aromatic nitrogens is 2. The lowest BCUT2D eigenvalue weighted by atomic mass is 9.72. The molecule has 1 saturated carbocycles. The van der Waals surface area contributed by atoms with Gasteiger partial charge in [-0.15, -0.1) is 0 Å². The zero-order valence-corrected chi connectivity index (χ0v) is 11.5. The Morgan fingerprint density at radius 2 is 2.35 bits per heavy atom. The summed E-state index contributed by atoms with van der Waals surface area (Å²) in [6.45, 7) is 2.56. The van der Waals surface area contributed by atoms with Gasteiger partial charge in [0.05, 0.1) is 19.3 Å². The third-order valence-corrected chi connectivity index (χ3v) is 3.98. The Kier molecular flexibility index (Phi) is 3.31. The molecule has 108 valence electrons. The highest BCUT2D eigenvalue weighted by molar-refractivity contribution is 5.85. The lowest BCUT2D eigenvalue weighted by molar-refractivity contribution is 0.00522. The van der Waals surface area contributed by atoms with Crippen LogP contribution in [0.25, 0.3) is 0 Å². The fourth-order valence-electron chi connectivity index (χ4n) is 2.92. The molecule has 2 heterocycles. The van der Waals surface area contributed by atoms with Crippen molar-refractivity contribution in [2.24, 2.45) is 11.7 Å². The fraction of sp³-hybridized carbons (Fsp3) is 0.615. The SMILES string of the molecule is COC(=O)c1nc(C)cc(NC2C(N)C3CCOC32)n1. The van der Waals surface area contributed by atoms with Crippen molar-refractivity contribution < 1.29 is 14.3 Å². The predicted octanol–water partition coefficient (Wildman–Crippen LogP) is 0.0981. The first kappa shape index (κ1) is 13.3. The topological polar surface area (TPSA) is 99.4 Å². The zero-order valence-electron chi connectivity index (χ0n) is 11.5. The Labute approximate surface area is 116 Å². The van der Waals surface area contributed by atoms with Gasteiger partial charge in [0, 0.05) is 30.3 Å². The fourth-order valence-corrected chi connectivity index (χ4v) is 2.92. The average molecular weight is 278 g/mol. The van der Waals surface area contributed by atoms with E-state index in [1.54, 1.807) is 13.0 Å². The van der Waals surface area contributed by atoms with Crippen molar-refractivity contribution in [2.75, 3.05) is 19.0 Å². The predicted molar refractivity (Wildman–Crippen MR) is 71.3 cm³/mol. The minimum Gasteiger partial charge on any atom is -0.463 e. The van der Waals surface area contributed by atoms with Crippen molar-refractivity contribution >= 4 is 11.8 Å². The molecular formula is C13H18N4O3. The van der Waals surface area contributed by atoms with E-state index in [9.17, 15) is 4.79 Å². The zero-order chi connectivity index (χ0) is 14.3. The van der Waals surface area contributed by atoms with Crippen molar-refractivity contribution in [3.63, 3.8) is 0 Å². The summed E-state index contributed by atoms with van der Waals surface area (Å²) in [6.07, 6.45) is 1.15. The number of aryl methyl sites for hydroxylation is 1. The van der Waals surface area contributed by atoms with Crippen molar-refractivity contribution in [3.8, 4) is 0 Å². The van der Waals surface area contributed by atoms with Gasteiger partial charge in [-0.2, -0.15) is 0 Å². The molecule has 3 N–H and O–H groups in total. The maximum atomic E-state index is 11.5. The highest BCUT2D eigenvalue weighted by Crippen LogP contribution is 2.39. The summed E-state index contributed by atoms with van der Waals surface area (Å²) in [5.74, 6) is 0.499. The number of rotatable bonds is 3. The maximum Gasteiger partial charge on any atom is 0.376 e. The number of anilines is 1. The van der Waals surface area contributed by atoms with Gasteiger partial charge in [0.15, 0.2) is 0 Å². The molecule has 20 heavy (non-hydrogen) atoms. The smallest absolute Gasteiger partial charge is 0.376 e. The van der Waals surface area contributed by atoms with Crippen LogP contribution in [0.1, 0.15) is 22.7 Å². The van der Waals surface area contributed by atoms with E-state index in [2.05, 4.69) is 20.0 Å². The van der Waals surface area contributed by atoms with E-state index >= 15 is 0 Å². The summed E-state index contributed by atoms with van der Waals surface area (Å²) in [5, 5.41) is 3.25. The molecule has 7 nitrogen and oxygen atoms in total. The Morgan fingerprint density at radius 3 is 3.10 bits per heavy atom. The number of carbonyl (C=O) groups excluding carboxylic acids is 1. The van der Waals surface area contributed by atoms with Gasteiger partial charge in [0.2, 0.25) is 5.82 Å². The van der Waals surface area contributed by atoms with Crippen LogP contribution in [0.15, 0.2) is 6.07 Å². The molecule has 1 saturated heterocycles. The van der Waals surface area contributed by atoms with Gasteiger partial charge in [-0.1, -0.05) is 0 Å². The summed E-state index contributed by atoms with van der Waals surface area (Å²) >= 11 is 0. The van der Waals surface area contributed by atoms with Gasteiger partial charge >= 0.3 is 5.97 Å². The van der Waals surface area contributed by atoms with Crippen molar-refractivity contribution in [2.45, 2.75) is 31.5 Å². The molecule has 2 aliphatic rings. The van der Waals surface area contributed by atoms with Gasteiger partial charge in [-0.3, -0.25) is 0 Å². The summed E-state index contributed by atoms with van der Waals surface area (Å²) in [6, 6.07) is 1.86. The second-order valence-corrected chi connectivity index (χ2v) is 5.25. The Hall–Kier alpha value is -1.73. The standard InChI is InChI=1S/C13H18N4O3/c1-6-5-8(17-12(15-6)13(18)19-2)16-10-9(14)7-3-4-20-11(7)10/h5,7,9-11H,3-4,14H2,1-2H3,(H,15,16,17). The van der Waals surface area contributed by atoms with Gasteiger partial charge in [-0.25, -0.2) is 14.8 Å². The number of nitrogens with one attached hydrogen (secondary N) is 1. The highest BCUT2D eigenvalue weighted by atomic mass is 16.5. The molecule has 0 aromatic carbocycles. The second kappa shape index (κ2) is 4.99. The third-order valence-electron chi connectivity index (χ3n) is 3.98.